The topological polar surface area (TPSA) is 93.0 Å². The second-order valence-corrected chi connectivity index (χ2v) is 6.22. The van der Waals surface area contributed by atoms with Gasteiger partial charge >= 0.3 is 5.69 Å². The molecule has 0 unspecified atom stereocenters. The van der Waals surface area contributed by atoms with Gasteiger partial charge in [-0.25, -0.2) is 9.97 Å². The lowest BCUT2D eigenvalue weighted by molar-refractivity contribution is -0.383. The molecule has 8 heteroatoms. The van der Waals surface area contributed by atoms with Gasteiger partial charge in [0.25, 0.3) is 0 Å². The Labute approximate surface area is 152 Å². The van der Waals surface area contributed by atoms with Crippen molar-refractivity contribution in [2.75, 3.05) is 10.6 Å². The summed E-state index contributed by atoms with van der Waals surface area (Å²) in [6.07, 6.45) is 1.28. The normalized spacial score (nSPS) is 10.3. The summed E-state index contributed by atoms with van der Waals surface area (Å²) in [6.45, 7) is 1.94. The summed E-state index contributed by atoms with van der Waals surface area (Å²) in [5.41, 5.74) is 2.23. The van der Waals surface area contributed by atoms with Crippen LogP contribution in [-0.4, -0.2) is 14.9 Å². The Balaban J connectivity index is 1.96. The summed E-state index contributed by atoms with van der Waals surface area (Å²) in [5.74, 6) is 0.252. The van der Waals surface area contributed by atoms with Crippen molar-refractivity contribution in [1.82, 2.24) is 9.97 Å². The number of hydrogen-bond acceptors (Lipinski definition) is 6. The maximum Gasteiger partial charge on any atom is 0.353 e. The zero-order valence-corrected chi connectivity index (χ0v) is 14.8. The third kappa shape index (κ3) is 4.10. The average molecular weight is 400 g/mol. The molecule has 3 aromatic rings. The highest BCUT2D eigenvalue weighted by Gasteiger charge is 2.23. The lowest BCUT2D eigenvalue weighted by Gasteiger charge is -2.10. The molecule has 2 aromatic carbocycles. The van der Waals surface area contributed by atoms with Crippen molar-refractivity contribution >= 4 is 44.6 Å². The van der Waals surface area contributed by atoms with E-state index in [9.17, 15) is 10.1 Å². The van der Waals surface area contributed by atoms with Crippen molar-refractivity contribution in [3.05, 3.63) is 75.0 Å². The molecule has 25 heavy (non-hydrogen) atoms. The third-order valence-corrected chi connectivity index (χ3v) is 3.92. The summed E-state index contributed by atoms with van der Waals surface area (Å²) in [5, 5.41) is 17.5. The quantitative estimate of drug-likeness (QED) is 0.465. The van der Waals surface area contributed by atoms with Gasteiger partial charge in [-0.15, -0.1) is 0 Å². The SMILES string of the molecule is Cc1cccc(Nc2ncnc(Nc3ccc(Br)cc3)c2[N+](=O)[O-])c1. The van der Waals surface area contributed by atoms with Crippen molar-refractivity contribution in [1.29, 1.82) is 0 Å². The van der Waals surface area contributed by atoms with Gasteiger partial charge in [0.2, 0.25) is 11.6 Å². The molecule has 0 amide bonds. The molecule has 0 spiro atoms. The molecule has 2 N–H and O–H groups in total. The number of nitro groups is 1. The van der Waals surface area contributed by atoms with Crippen molar-refractivity contribution in [3.8, 4) is 0 Å². The minimum atomic E-state index is -0.501. The molecule has 1 heterocycles. The van der Waals surface area contributed by atoms with E-state index in [-0.39, 0.29) is 17.3 Å². The number of aromatic nitrogens is 2. The van der Waals surface area contributed by atoms with Crippen LogP contribution in [0, 0.1) is 17.0 Å². The van der Waals surface area contributed by atoms with Gasteiger partial charge in [-0.05, 0) is 48.9 Å². The van der Waals surface area contributed by atoms with E-state index in [1.165, 1.54) is 6.33 Å². The fraction of sp³-hybridized carbons (Fsp3) is 0.0588. The number of halogens is 1. The number of hydrogen-bond donors (Lipinski definition) is 2. The Bertz CT molecular complexity index is 915. The van der Waals surface area contributed by atoms with Gasteiger partial charge in [-0.2, -0.15) is 0 Å². The van der Waals surface area contributed by atoms with Crippen LogP contribution in [0.1, 0.15) is 5.56 Å². The van der Waals surface area contributed by atoms with Crippen LogP contribution in [0.4, 0.5) is 28.7 Å². The molecule has 0 saturated carbocycles. The van der Waals surface area contributed by atoms with Crippen LogP contribution in [0.25, 0.3) is 0 Å². The largest absolute Gasteiger partial charge is 0.353 e. The van der Waals surface area contributed by atoms with Gasteiger partial charge in [0.15, 0.2) is 0 Å². The van der Waals surface area contributed by atoms with Crippen molar-refractivity contribution in [2.45, 2.75) is 6.92 Å². The maximum absolute atomic E-state index is 11.6. The summed E-state index contributed by atoms with van der Waals surface area (Å²) in [6, 6.07) is 14.8. The van der Waals surface area contributed by atoms with Crippen LogP contribution >= 0.6 is 15.9 Å². The van der Waals surface area contributed by atoms with Gasteiger partial charge in [0.1, 0.15) is 6.33 Å². The fourth-order valence-electron chi connectivity index (χ4n) is 2.26. The fourth-order valence-corrected chi connectivity index (χ4v) is 2.53. The summed E-state index contributed by atoms with van der Waals surface area (Å²) < 4.78 is 0.914. The Kier molecular flexibility index (Phi) is 4.90. The number of anilines is 4. The number of aryl methyl sites for hydroxylation is 1. The molecule has 0 atom stereocenters. The molecule has 0 bridgehead atoms. The van der Waals surface area contributed by atoms with E-state index in [0.717, 1.165) is 15.7 Å². The van der Waals surface area contributed by atoms with Gasteiger partial charge in [-0.1, -0.05) is 28.1 Å². The molecule has 0 radical (unpaired) electrons. The summed E-state index contributed by atoms with van der Waals surface area (Å²) in [7, 11) is 0. The Morgan fingerprint density at radius 1 is 1.00 bits per heavy atom. The van der Waals surface area contributed by atoms with Crippen LogP contribution in [0.2, 0.25) is 0 Å². The Morgan fingerprint density at radius 3 is 2.24 bits per heavy atom. The van der Waals surface area contributed by atoms with E-state index >= 15 is 0 Å². The number of rotatable bonds is 5. The molecule has 7 nitrogen and oxygen atoms in total. The Morgan fingerprint density at radius 2 is 1.64 bits per heavy atom. The van der Waals surface area contributed by atoms with Crippen LogP contribution in [0.5, 0.6) is 0 Å². The van der Waals surface area contributed by atoms with Crippen molar-refractivity contribution < 1.29 is 4.92 Å². The van der Waals surface area contributed by atoms with E-state index in [0.29, 0.717) is 5.69 Å². The molecular formula is C17H14BrN5O2. The molecule has 126 valence electrons. The molecule has 0 aliphatic heterocycles. The first kappa shape index (κ1) is 16.8. The lowest BCUT2D eigenvalue weighted by atomic mass is 10.2. The van der Waals surface area contributed by atoms with Gasteiger partial charge in [-0.3, -0.25) is 10.1 Å². The van der Waals surface area contributed by atoms with Crippen LogP contribution in [0.3, 0.4) is 0 Å². The van der Waals surface area contributed by atoms with Crippen LogP contribution in [-0.2, 0) is 0 Å². The molecule has 0 saturated heterocycles. The lowest BCUT2D eigenvalue weighted by Crippen LogP contribution is -2.05. The second-order valence-electron chi connectivity index (χ2n) is 5.30. The van der Waals surface area contributed by atoms with E-state index in [4.69, 9.17) is 0 Å². The molecule has 0 fully saturated rings. The first-order valence-corrected chi connectivity index (χ1v) is 8.18. The van der Waals surface area contributed by atoms with Gasteiger partial charge in [0.05, 0.1) is 4.92 Å². The maximum atomic E-state index is 11.6. The minimum absolute atomic E-state index is 0.123. The molecule has 3 rings (SSSR count). The highest BCUT2D eigenvalue weighted by molar-refractivity contribution is 9.10. The first-order chi connectivity index (χ1) is 12.0. The van der Waals surface area contributed by atoms with E-state index in [2.05, 4.69) is 36.5 Å². The van der Waals surface area contributed by atoms with E-state index in [1.807, 2.05) is 43.3 Å². The van der Waals surface area contributed by atoms with Crippen LogP contribution < -0.4 is 10.6 Å². The molecule has 0 aliphatic rings. The predicted octanol–water partition coefficient (Wildman–Crippen LogP) is 4.94. The standard InChI is InChI=1S/C17H14BrN5O2/c1-11-3-2-4-14(9-11)22-17-15(23(24)25)16(19-10-20-17)21-13-7-5-12(18)6-8-13/h2-10H,1H3,(H2,19,20,21,22). The van der Waals surface area contributed by atoms with Crippen molar-refractivity contribution in [2.24, 2.45) is 0 Å². The van der Waals surface area contributed by atoms with Gasteiger partial charge in [0, 0.05) is 15.8 Å². The smallest absolute Gasteiger partial charge is 0.334 e. The number of nitrogens with one attached hydrogen (secondary N) is 2. The van der Waals surface area contributed by atoms with E-state index in [1.54, 1.807) is 12.1 Å². The highest BCUT2D eigenvalue weighted by Crippen LogP contribution is 2.33. The van der Waals surface area contributed by atoms with E-state index < -0.39 is 4.92 Å². The number of benzene rings is 2. The monoisotopic (exact) mass is 399 g/mol. The predicted molar refractivity (Wildman–Crippen MR) is 101 cm³/mol. The summed E-state index contributed by atoms with van der Waals surface area (Å²) in [4.78, 5) is 19.1. The zero-order valence-electron chi connectivity index (χ0n) is 13.2. The van der Waals surface area contributed by atoms with Crippen molar-refractivity contribution in [3.63, 3.8) is 0 Å². The zero-order chi connectivity index (χ0) is 17.8. The average Bonchev–Trinajstić information content (AvgIpc) is 2.57. The molecule has 1 aromatic heterocycles. The highest BCUT2D eigenvalue weighted by atomic mass is 79.9. The Hall–Kier alpha value is -3.00. The minimum Gasteiger partial charge on any atom is -0.334 e. The number of nitrogens with zero attached hydrogens (tertiary/aromatic N) is 3. The molecular weight excluding hydrogens is 386 g/mol. The van der Waals surface area contributed by atoms with Crippen LogP contribution in [0.15, 0.2) is 59.3 Å². The van der Waals surface area contributed by atoms with Gasteiger partial charge < -0.3 is 10.6 Å². The molecule has 0 aliphatic carbocycles. The summed E-state index contributed by atoms with van der Waals surface area (Å²) >= 11 is 3.35. The third-order valence-electron chi connectivity index (χ3n) is 3.39. The second kappa shape index (κ2) is 7.27. The first-order valence-electron chi connectivity index (χ1n) is 7.38.